The minimum Gasteiger partial charge on any atom is -0.489 e. The van der Waals surface area contributed by atoms with Gasteiger partial charge in [0.05, 0.1) is 19.0 Å². The van der Waals surface area contributed by atoms with Crippen molar-refractivity contribution < 1.29 is 14.2 Å². The lowest BCUT2D eigenvalue weighted by atomic mass is 10.1. The predicted molar refractivity (Wildman–Crippen MR) is 64.8 cm³/mol. The lowest BCUT2D eigenvalue weighted by Crippen LogP contribution is -2.07. The van der Waals surface area contributed by atoms with E-state index in [1.165, 1.54) is 12.1 Å². The van der Waals surface area contributed by atoms with Crippen LogP contribution in [0.1, 0.15) is 18.6 Å². The first-order valence-electron chi connectivity index (χ1n) is 5.73. The molecule has 1 aromatic carbocycles. The van der Waals surface area contributed by atoms with Crippen molar-refractivity contribution in [3.05, 3.63) is 48.3 Å². The first-order valence-corrected chi connectivity index (χ1v) is 5.73. The molecule has 1 heterocycles. The Hall–Kier alpha value is -1.88. The van der Waals surface area contributed by atoms with E-state index in [4.69, 9.17) is 4.74 Å². The summed E-state index contributed by atoms with van der Waals surface area (Å²) >= 11 is 0. The summed E-state index contributed by atoms with van der Waals surface area (Å²) in [6.07, 6.45) is 4.49. The maximum absolute atomic E-state index is 13.6. The fourth-order valence-electron chi connectivity index (χ4n) is 1.57. The van der Waals surface area contributed by atoms with E-state index < -0.39 is 11.9 Å². The molecule has 5 heteroatoms. The van der Waals surface area contributed by atoms with E-state index in [-0.39, 0.29) is 5.75 Å². The third kappa shape index (κ3) is 3.07. The molecule has 2 rings (SSSR count). The van der Waals surface area contributed by atoms with Gasteiger partial charge >= 0.3 is 0 Å². The number of benzene rings is 1. The second-order valence-electron chi connectivity index (χ2n) is 4.01. The Morgan fingerprint density at radius 2 is 2.33 bits per heavy atom. The molecule has 0 fully saturated rings. The zero-order valence-electron chi connectivity index (χ0n) is 10.1. The Balaban J connectivity index is 1.93. The molecule has 0 amide bonds. The van der Waals surface area contributed by atoms with Crippen molar-refractivity contribution >= 4 is 0 Å². The van der Waals surface area contributed by atoms with Crippen LogP contribution < -0.4 is 4.74 Å². The van der Waals surface area contributed by atoms with E-state index >= 15 is 0 Å². The van der Waals surface area contributed by atoms with Crippen LogP contribution in [0.25, 0.3) is 0 Å². The average Bonchev–Trinajstić information content (AvgIpc) is 2.84. The fourth-order valence-corrected chi connectivity index (χ4v) is 1.57. The molecule has 0 radical (unpaired) electrons. The molecular weight excluding hydrogens is 235 g/mol. The minimum atomic E-state index is -0.681. The van der Waals surface area contributed by atoms with E-state index in [2.05, 4.69) is 4.98 Å². The van der Waals surface area contributed by atoms with Crippen molar-refractivity contribution in [1.82, 2.24) is 9.55 Å². The van der Waals surface area contributed by atoms with Gasteiger partial charge in [0.25, 0.3) is 0 Å². The normalized spacial score (nSPS) is 12.4. The van der Waals surface area contributed by atoms with E-state index in [9.17, 15) is 9.50 Å². The number of hydrogen-bond donors (Lipinski definition) is 1. The van der Waals surface area contributed by atoms with E-state index in [1.54, 1.807) is 25.5 Å². The van der Waals surface area contributed by atoms with Crippen molar-refractivity contribution in [1.29, 1.82) is 0 Å². The summed E-state index contributed by atoms with van der Waals surface area (Å²) in [4.78, 5) is 3.90. The van der Waals surface area contributed by atoms with Gasteiger partial charge in [0, 0.05) is 12.4 Å². The molecule has 2 aromatic rings. The van der Waals surface area contributed by atoms with Crippen molar-refractivity contribution in [3.8, 4) is 5.75 Å². The highest BCUT2D eigenvalue weighted by atomic mass is 19.1. The summed E-state index contributed by atoms with van der Waals surface area (Å²) in [6.45, 7) is 2.56. The summed E-state index contributed by atoms with van der Waals surface area (Å²) in [5.41, 5.74) is 0.537. The van der Waals surface area contributed by atoms with Crippen LogP contribution in [-0.2, 0) is 6.54 Å². The quantitative estimate of drug-likeness (QED) is 0.884. The Morgan fingerprint density at radius 3 is 2.94 bits per heavy atom. The number of aliphatic hydroxyl groups excluding tert-OH is 1. The second-order valence-corrected chi connectivity index (χ2v) is 4.01. The molecule has 0 aliphatic rings. The van der Waals surface area contributed by atoms with E-state index in [0.29, 0.717) is 18.7 Å². The number of nitrogens with zero attached hydrogens (tertiary/aromatic N) is 2. The number of halogens is 1. The number of aromatic nitrogens is 2. The molecule has 0 bridgehead atoms. The molecule has 0 unspecified atom stereocenters. The Labute approximate surface area is 105 Å². The molecular formula is C13H15FN2O2. The van der Waals surface area contributed by atoms with Gasteiger partial charge in [-0.1, -0.05) is 6.07 Å². The molecule has 0 saturated heterocycles. The van der Waals surface area contributed by atoms with Crippen molar-refractivity contribution in [2.75, 3.05) is 6.61 Å². The van der Waals surface area contributed by atoms with Gasteiger partial charge in [-0.25, -0.2) is 9.37 Å². The predicted octanol–water partition coefficient (Wildman–Crippen LogP) is 2.15. The van der Waals surface area contributed by atoms with Gasteiger partial charge in [-0.05, 0) is 24.6 Å². The third-order valence-electron chi connectivity index (χ3n) is 2.60. The summed E-state index contributed by atoms with van der Waals surface area (Å²) in [7, 11) is 0. The van der Waals surface area contributed by atoms with Crippen molar-refractivity contribution in [2.45, 2.75) is 19.6 Å². The molecule has 0 spiro atoms. The van der Waals surface area contributed by atoms with Gasteiger partial charge in [-0.3, -0.25) is 0 Å². The van der Waals surface area contributed by atoms with Crippen LogP contribution in [0.2, 0.25) is 0 Å². The Bertz CT molecular complexity index is 498. The summed E-state index contributed by atoms with van der Waals surface area (Å²) in [5, 5.41) is 9.32. The SMILES string of the molecule is C[C@@H](O)c1ccc(OCCn2ccnc2)c(F)c1. The highest BCUT2D eigenvalue weighted by Gasteiger charge is 2.07. The number of aliphatic hydroxyl groups is 1. The molecule has 1 aromatic heterocycles. The second kappa shape index (κ2) is 5.64. The van der Waals surface area contributed by atoms with Crippen LogP contribution in [0.3, 0.4) is 0 Å². The maximum atomic E-state index is 13.6. The molecule has 1 N–H and O–H groups in total. The van der Waals surface area contributed by atoms with E-state index in [1.807, 2.05) is 10.8 Å². The molecule has 4 nitrogen and oxygen atoms in total. The number of hydrogen-bond acceptors (Lipinski definition) is 3. The van der Waals surface area contributed by atoms with Crippen LogP contribution in [0.5, 0.6) is 5.75 Å². The molecule has 0 aliphatic heterocycles. The zero-order chi connectivity index (χ0) is 13.0. The topological polar surface area (TPSA) is 47.3 Å². The lowest BCUT2D eigenvalue weighted by molar-refractivity contribution is 0.198. The van der Waals surface area contributed by atoms with Crippen LogP contribution in [0.15, 0.2) is 36.9 Å². The molecule has 0 aliphatic carbocycles. The van der Waals surface area contributed by atoms with E-state index in [0.717, 1.165) is 0 Å². The maximum Gasteiger partial charge on any atom is 0.165 e. The molecule has 0 saturated carbocycles. The average molecular weight is 250 g/mol. The van der Waals surface area contributed by atoms with Crippen molar-refractivity contribution in [2.24, 2.45) is 0 Å². The van der Waals surface area contributed by atoms with Gasteiger partial charge in [-0.2, -0.15) is 0 Å². The Morgan fingerprint density at radius 1 is 1.50 bits per heavy atom. The van der Waals surface area contributed by atoms with Gasteiger partial charge < -0.3 is 14.4 Å². The monoisotopic (exact) mass is 250 g/mol. The smallest absolute Gasteiger partial charge is 0.165 e. The van der Waals surface area contributed by atoms with Crippen LogP contribution >= 0.6 is 0 Å². The molecule has 1 atom stereocenters. The van der Waals surface area contributed by atoms with Gasteiger partial charge in [0.15, 0.2) is 11.6 Å². The first-order chi connectivity index (χ1) is 8.66. The zero-order valence-corrected chi connectivity index (χ0v) is 10.1. The molecule has 18 heavy (non-hydrogen) atoms. The number of ether oxygens (including phenoxy) is 1. The number of imidazole rings is 1. The third-order valence-corrected chi connectivity index (χ3v) is 2.60. The highest BCUT2D eigenvalue weighted by Crippen LogP contribution is 2.21. The summed E-state index contributed by atoms with van der Waals surface area (Å²) in [6, 6.07) is 4.48. The van der Waals surface area contributed by atoms with Gasteiger partial charge in [0.2, 0.25) is 0 Å². The van der Waals surface area contributed by atoms with Crippen LogP contribution in [0.4, 0.5) is 4.39 Å². The van der Waals surface area contributed by atoms with Crippen LogP contribution in [-0.4, -0.2) is 21.3 Å². The largest absolute Gasteiger partial charge is 0.489 e. The summed E-state index contributed by atoms with van der Waals surface area (Å²) < 4.78 is 20.8. The van der Waals surface area contributed by atoms with Gasteiger partial charge in [-0.15, -0.1) is 0 Å². The highest BCUT2D eigenvalue weighted by molar-refractivity contribution is 5.30. The number of rotatable bonds is 5. The lowest BCUT2D eigenvalue weighted by Gasteiger charge is -2.10. The molecule has 96 valence electrons. The van der Waals surface area contributed by atoms with Crippen LogP contribution in [0, 0.1) is 5.82 Å². The van der Waals surface area contributed by atoms with Gasteiger partial charge in [0.1, 0.15) is 6.61 Å². The minimum absolute atomic E-state index is 0.194. The fraction of sp³-hybridized carbons (Fsp3) is 0.308. The van der Waals surface area contributed by atoms with Crippen molar-refractivity contribution in [3.63, 3.8) is 0 Å². The Kier molecular flexibility index (Phi) is 3.94. The summed E-state index contributed by atoms with van der Waals surface area (Å²) in [5.74, 6) is -0.265. The standard InChI is InChI=1S/C13H15FN2O2/c1-10(17)11-2-3-13(12(14)8-11)18-7-6-16-5-4-15-9-16/h2-5,8-10,17H,6-7H2,1H3/t10-/m1/s1. The first kappa shape index (κ1) is 12.6.